The lowest BCUT2D eigenvalue weighted by atomic mass is 10.1. The maximum absolute atomic E-state index is 11.2. The monoisotopic (exact) mass is 256 g/mol. The second-order valence-electron chi connectivity index (χ2n) is 4.62. The molecule has 2 rings (SSSR count). The van der Waals surface area contributed by atoms with Gasteiger partial charge in [0.1, 0.15) is 5.56 Å². The Hall–Kier alpha value is -2.36. The highest BCUT2D eigenvalue weighted by Crippen LogP contribution is 2.24. The molecule has 4 heteroatoms. The summed E-state index contributed by atoms with van der Waals surface area (Å²) in [6.45, 7) is 5.82. The molecule has 0 aliphatic rings. The number of aryl methyl sites for hydroxylation is 3. The van der Waals surface area contributed by atoms with Gasteiger partial charge in [0, 0.05) is 17.6 Å². The summed E-state index contributed by atoms with van der Waals surface area (Å²) in [7, 11) is 0. The lowest BCUT2D eigenvalue weighted by Gasteiger charge is -2.13. The Morgan fingerprint density at radius 3 is 2.58 bits per heavy atom. The van der Waals surface area contributed by atoms with Gasteiger partial charge in [-0.15, -0.1) is 0 Å². The topological polar surface area (TPSA) is 62.2 Å². The molecule has 0 amide bonds. The summed E-state index contributed by atoms with van der Waals surface area (Å²) in [5, 5.41) is 12.4. The predicted octanol–water partition coefficient (Wildman–Crippen LogP) is 3.45. The smallest absolute Gasteiger partial charge is 0.339 e. The SMILES string of the molecule is Cc1ccc(C)c(Nc2cc(C)ncc2C(=O)O)c1. The normalized spacial score (nSPS) is 10.3. The van der Waals surface area contributed by atoms with Gasteiger partial charge in [-0.2, -0.15) is 0 Å². The summed E-state index contributed by atoms with van der Waals surface area (Å²) >= 11 is 0. The van der Waals surface area contributed by atoms with Crippen molar-refractivity contribution in [2.24, 2.45) is 0 Å². The highest BCUT2D eigenvalue weighted by Gasteiger charge is 2.12. The van der Waals surface area contributed by atoms with Gasteiger partial charge in [-0.1, -0.05) is 12.1 Å². The predicted molar refractivity (Wildman–Crippen MR) is 75.1 cm³/mol. The molecule has 98 valence electrons. The van der Waals surface area contributed by atoms with Crippen molar-refractivity contribution in [3.05, 3.63) is 52.8 Å². The quantitative estimate of drug-likeness (QED) is 0.883. The van der Waals surface area contributed by atoms with E-state index in [2.05, 4.69) is 10.3 Å². The molecule has 19 heavy (non-hydrogen) atoms. The lowest BCUT2D eigenvalue weighted by Crippen LogP contribution is -2.05. The van der Waals surface area contributed by atoms with Crippen LogP contribution in [-0.2, 0) is 0 Å². The van der Waals surface area contributed by atoms with Crippen LogP contribution in [0.1, 0.15) is 27.2 Å². The Labute approximate surface area is 112 Å². The first-order valence-corrected chi connectivity index (χ1v) is 6.01. The van der Waals surface area contributed by atoms with Crippen LogP contribution in [0.5, 0.6) is 0 Å². The second kappa shape index (κ2) is 5.10. The molecule has 2 aromatic rings. The fourth-order valence-corrected chi connectivity index (χ4v) is 1.85. The van der Waals surface area contributed by atoms with Crippen molar-refractivity contribution >= 4 is 17.3 Å². The van der Waals surface area contributed by atoms with E-state index in [1.54, 1.807) is 6.07 Å². The van der Waals surface area contributed by atoms with Crippen molar-refractivity contribution in [2.75, 3.05) is 5.32 Å². The van der Waals surface area contributed by atoms with Crippen molar-refractivity contribution in [3.8, 4) is 0 Å². The number of carboxylic acids is 1. The number of anilines is 2. The van der Waals surface area contributed by atoms with Gasteiger partial charge in [-0.25, -0.2) is 4.79 Å². The third kappa shape index (κ3) is 2.91. The molecule has 0 aliphatic carbocycles. The van der Waals surface area contributed by atoms with Gasteiger partial charge >= 0.3 is 5.97 Å². The lowest BCUT2D eigenvalue weighted by molar-refractivity contribution is 0.0697. The first-order valence-electron chi connectivity index (χ1n) is 6.01. The number of nitrogens with zero attached hydrogens (tertiary/aromatic N) is 1. The molecule has 0 aliphatic heterocycles. The van der Waals surface area contributed by atoms with Gasteiger partial charge in [-0.3, -0.25) is 4.98 Å². The average Bonchev–Trinajstić information content (AvgIpc) is 2.33. The Kier molecular flexibility index (Phi) is 3.51. The number of hydrogen-bond acceptors (Lipinski definition) is 3. The summed E-state index contributed by atoms with van der Waals surface area (Å²) < 4.78 is 0. The molecule has 0 unspecified atom stereocenters. The number of rotatable bonds is 3. The van der Waals surface area contributed by atoms with Crippen LogP contribution in [-0.4, -0.2) is 16.1 Å². The fourth-order valence-electron chi connectivity index (χ4n) is 1.85. The molecule has 0 spiro atoms. The zero-order chi connectivity index (χ0) is 14.0. The molecule has 1 heterocycles. The van der Waals surface area contributed by atoms with E-state index in [0.29, 0.717) is 5.69 Å². The number of aromatic carboxylic acids is 1. The maximum atomic E-state index is 11.2. The Bertz CT molecular complexity index is 636. The van der Waals surface area contributed by atoms with E-state index in [-0.39, 0.29) is 5.56 Å². The van der Waals surface area contributed by atoms with E-state index in [1.807, 2.05) is 39.0 Å². The number of benzene rings is 1. The molecule has 0 radical (unpaired) electrons. The van der Waals surface area contributed by atoms with Crippen LogP contribution in [0.4, 0.5) is 11.4 Å². The average molecular weight is 256 g/mol. The zero-order valence-electron chi connectivity index (χ0n) is 11.2. The summed E-state index contributed by atoms with van der Waals surface area (Å²) in [6, 6.07) is 7.77. The van der Waals surface area contributed by atoms with Gasteiger partial charge in [0.05, 0.1) is 5.69 Å². The number of carbonyl (C=O) groups is 1. The maximum Gasteiger partial charge on any atom is 0.339 e. The number of hydrogen-bond donors (Lipinski definition) is 2. The minimum Gasteiger partial charge on any atom is -0.478 e. The van der Waals surface area contributed by atoms with E-state index >= 15 is 0 Å². The molecular weight excluding hydrogens is 240 g/mol. The third-order valence-electron chi connectivity index (χ3n) is 2.93. The Morgan fingerprint density at radius 1 is 1.16 bits per heavy atom. The van der Waals surface area contributed by atoms with Crippen molar-refractivity contribution in [3.63, 3.8) is 0 Å². The van der Waals surface area contributed by atoms with E-state index in [4.69, 9.17) is 0 Å². The van der Waals surface area contributed by atoms with Crippen molar-refractivity contribution in [2.45, 2.75) is 20.8 Å². The van der Waals surface area contributed by atoms with Gasteiger partial charge < -0.3 is 10.4 Å². The standard InChI is InChI=1S/C15H16N2O2/c1-9-4-5-10(2)13(6-9)17-14-7-11(3)16-8-12(14)15(18)19/h4-8H,1-3H3,(H,16,17)(H,18,19). The first-order chi connectivity index (χ1) is 8.97. The number of pyridine rings is 1. The number of nitrogens with one attached hydrogen (secondary N) is 1. The first kappa shape index (κ1) is 13.1. The van der Waals surface area contributed by atoms with Crippen LogP contribution < -0.4 is 5.32 Å². The minimum absolute atomic E-state index is 0.173. The van der Waals surface area contributed by atoms with E-state index in [1.165, 1.54) is 6.20 Å². The Morgan fingerprint density at radius 2 is 1.89 bits per heavy atom. The van der Waals surface area contributed by atoms with Crippen molar-refractivity contribution < 1.29 is 9.90 Å². The van der Waals surface area contributed by atoms with Crippen LogP contribution in [0.2, 0.25) is 0 Å². The third-order valence-corrected chi connectivity index (χ3v) is 2.93. The van der Waals surface area contributed by atoms with E-state index < -0.39 is 5.97 Å². The summed E-state index contributed by atoms with van der Waals surface area (Å²) in [5.74, 6) is -0.986. The summed E-state index contributed by atoms with van der Waals surface area (Å²) in [6.07, 6.45) is 1.38. The van der Waals surface area contributed by atoms with Gasteiger partial charge in [0.25, 0.3) is 0 Å². The largest absolute Gasteiger partial charge is 0.478 e. The molecular formula is C15H16N2O2. The van der Waals surface area contributed by atoms with Crippen LogP contribution in [0, 0.1) is 20.8 Å². The molecule has 0 saturated heterocycles. The number of carboxylic acid groups (broad SMARTS) is 1. The highest BCUT2D eigenvalue weighted by atomic mass is 16.4. The molecule has 0 bridgehead atoms. The van der Waals surface area contributed by atoms with Crippen LogP contribution in [0.15, 0.2) is 30.5 Å². The van der Waals surface area contributed by atoms with Gasteiger partial charge in [0.2, 0.25) is 0 Å². The molecule has 4 nitrogen and oxygen atoms in total. The molecule has 0 fully saturated rings. The van der Waals surface area contributed by atoms with Gasteiger partial charge in [0.15, 0.2) is 0 Å². The highest BCUT2D eigenvalue weighted by molar-refractivity contribution is 5.95. The Balaban J connectivity index is 2.45. The molecule has 0 atom stereocenters. The minimum atomic E-state index is -0.986. The summed E-state index contributed by atoms with van der Waals surface area (Å²) in [5.41, 5.74) is 4.61. The van der Waals surface area contributed by atoms with E-state index in [9.17, 15) is 9.90 Å². The van der Waals surface area contributed by atoms with E-state index in [0.717, 1.165) is 22.5 Å². The molecule has 1 aromatic heterocycles. The molecule has 0 saturated carbocycles. The van der Waals surface area contributed by atoms with Crippen LogP contribution >= 0.6 is 0 Å². The molecule has 2 N–H and O–H groups in total. The van der Waals surface area contributed by atoms with Crippen LogP contribution in [0.25, 0.3) is 0 Å². The fraction of sp³-hybridized carbons (Fsp3) is 0.200. The van der Waals surface area contributed by atoms with Crippen molar-refractivity contribution in [1.82, 2.24) is 4.98 Å². The number of aromatic nitrogens is 1. The van der Waals surface area contributed by atoms with Gasteiger partial charge in [-0.05, 0) is 44.0 Å². The van der Waals surface area contributed by atoms with Crippen LogP contribution in [0.3, 0.4) is 0 Å². The second-order valence-corrected chi connectivity index (χ2v) is 4.62. The van der Waals surface area contributed by atoms with Crippen molar-refractivity contribution in [1.29, 1.82) is 0 Å². The molecule has 1 aromatic carbocycles. The summed E-state index contributed by atoms with van der Waals surface area (Å²) in [4.78, 5) is 15.2. The zero-order valence-corrected chi connectivity index (χ0v) is 11.2.